The van der Waals surface area contributed by atoms with E-state index in [1.807, 2.05) is 26.0 Å². The van der Waals surface area contributed by atoms with Crippen LogP contribution in [0.3, 0.4) is 0 Å². The van der Waals surface area contributed by atoms with Crippen LogP contribution in [-0.4, -0.2) is 24.6 Å². The zero-order valence-electron chi connectivity index (χ0n) is 12.2. The summed E-state index contributed by atoms with van der Waals surface area (Å²) in [6, 6.07) is 6.52. The monoisotopic (exact) mass is 274 g/mol. The molecule has 4 heteroatoms. The minimum absolute atomic E-state index is 0.0595. The summed E-state index contributed by atoms with van der Waals surface area (Å²) in [5.74, 6) is 0.831. The van der Waals surface area contributed by atoms with Crippen LogP contribution in [0.25, 0.3) is 0 Å². The highest BCUT2D eigenvalue weighted by Gasteiger charge is 2.31. The third-order valence-corrected chi connectivity index (χ3v) is 4.02. The molecule has 0 spiro atoms. The van der Waals surface area contributed by atoms with Gasteiger partial charge < -0.3 is 15.0 Å². The molecule has 0 radical (unpaired) electrons. The lowest BCUT2D eigenvalue weighted by molar-refractivity contribution is -0.115. The molecule has 108 valence electrons. The third kappa shape index (κ3) is 2.47. The van der Waals surface area contributed by atoms with Crippen LogP contribution in [0.4, 0.5) is 11.4 Å². The molecule has 1 aromatic carbocycles. The van der Waals surface area contributed by atoms with Gasteiger partial charge in [0.2, 0.25) is 5.91 Å². The number of nitrogens with zero attached hydrogens (tertiary/aromatic N) is 1. The first-order valence-corrected chi connectivity index (χ1v) is 7.51. The van der Waals surface area contributed by atoms with Crippen molar-refractivity contribution in [1.29, 1.82) is 0 Å². The Balaban J connectivity index is 1.97. The molecule has 1 fully saturated rings. The number of para-hydroxylation sites is 1. The van der Waals surface area contributed by atoms with Crippen LogP contribution in [-0.2, 0) is 4.79 Å². The molecule has 1 aromatic rings. The van der Waals surface area contributed by atoms with Crippen LogP contribution in [0.2, 0.25) is 0 Å². The first-order valence-electron chi connectivity index (χ1n) is 7.51. The Kier molecular flexibility index (Phi) is 3.55. The zero-order valence-corrected chi connectivity index (χ0v) is 12.2. The Labute approximate surface area is 120 Å². The summed E-state index contributed by atoms with van der Waals surface area (Å²) in [4.78, 5) is 14.3. The minimum Gasteiger partial charge on any atom is -0.489 e. The Morgan fingerprint density at radius 2 is 2.05 bits per heavy atom. The first kappa shape index (κ1) is 13.3. The molecule has 0 aromatic heterocycles. The van der Waals surface area contributed by atoms with Gasteiger partial charge in [-0.25, -0.2) is 0 Å². The van der Waals surface area contributed by atoms with Gasteiger partial charge in [-0.05, 0) is 38.8 Å². The maximum absolute atomic E-state index is 12.0. The predicted molar refractivity (Wildman–Crippen MR) is 80.4 cm³/mol. The van der Waals surface area contributed by atoms with E-state index in [1.165, 1.54) is 25.7 Å². The molecule has 1 aliphatic heterocycles. The average Bonchev–Trinajstić information content (AvgIpc) is 2.92. The lowest BCUT2D eigenvalue weighted by Crippen LogP contribution is -2.43. The van der Waals surface area contributed by atoms with Gasteiger partial charge in [0, 0.05) is 6.04 Å². The number of hydrogen-bond donors (Lipinski definition) is 1. The molecule has 0 unspecified atom stereocenters. The van der Waals surface area contributed by atoms with E-state index >= 15 is 0 Å². The molecule has 4 nitrogen and oxygen atoms in total. The van der Waals surface area contributed by atoms with Crippen LogP contribution in [0.5, 0.6) is 5.75 Å². The van der Waals surface area contributed by atoms with Gasteiger partial charge in [-0.15, -0.1) is 0 Å². The van der Waals surface area contributed by atoms with E-state index in [-0.39, 0.29) is 12.0 Å². The summed E-state index contributed by atoms with van der Waals surface area (Å²) in [7, 11) is 0. The molecule has 1 aliphatic carbocycles. The highest BCUT2D eigenvalue weighted by Crippen LogP contribution is 2.41. The van der Waals surface area contributed by atoms with Crippen molar-refractivity contribution in [1.82, 2.24) is 0 Å². The van der Waals surface area contributed by atoms with Crippen molar-refractivity contribution in [3.63, 3.8) is 0 Å². The topological polar surface area (TPSA) is 41.6 Å². The van der Waals surface area contributed by atoms with E-state index in [4.69, 9.17) is 4.74 Å². The quantitative estimate of drug-likeness (QED) is 0.920. The molecular weight excluding hydrogens is 252 g/mol. The van der Waals surface area contributed by atoms with Crippen molar-refractivity contribution >= 4 is 17.3 Å². The number of carbonyl (C=O) groups is 1. The molecular formula is C16H22N2O2. The predicted octanol–water partition coefficient (Wildman–Crippen LogP) is 3.17. The molecule has 2 aliphatic rings. The number of carbonyl (C=O) groups excluding carboxylic acids is 1. The maximum Gasteiger partial charge on any atom is 0.244 e. The van der Waals surface area contributed by atoms with Gasteiger partial charge in [0.1, 0.15) is 11.4 Å². The number of rotatable bonds is 3. The molecule has 20 heavy (non-hydrogen) atoms. The molecule has 1 heterocycles. The lowest BCUT2D eigenvalue weighted by atomic mass is 10.1. The molecule has 1 saturated carbocycles. The highest BCUT2D eigenvalue weighted by molar-refractivity contribution is 6.03. The van der Waals surface area contributed by atoms with Gasteiger partial charge in [-0.2, -0.15) is 0 Å². The standard InChI is InChI=1S/C16H22N2O2/c1-11(2)20-14-9-5-8-13-16(14)17-15(19)10-18(13)12-6-3-4-7-12/h5,8-9,11-12H,3-4,6-7,10H2,1-2H3,(H,17,19). The van der Waals surface area contributed by atoms with Gasteiger partial charge in [0.15, 0.2) is 0 Å². The van der Waals surface area contributed by atoms with Crippen molar-refractivity contribution < 1.29 is 9.53 Å². The van der Waals surface area contributed by atoms with Crippen molar-refractivity contribution in [2.45, 2.75) is 51.7 Å². The molecule has 0 saturated heterocycles. The van der Waals surface area contributed by atoms with Gasteiger partial charge >= 0.3 is 0 Å². The van der Waals surface area contributed by atoms with Gasteiger partial charge in [-0.1, -0.05) is 18.9 Å². The first-order chi connectivity index (χ1) is 9.65. The van der Waals surface area contributed by atoms with Crippen molar-refractivity contribution in [2.75, 3.05) is 16.8 Å². The largest absolute Gasteiger partial charge is 0.489 e. The second-order valence-corrected chi connectivity index (χ2v) is 5.93. The molecule has 0 bridgehead atoms. The Bertz CT molecular complexity index is 507. The van der Waals surface area contributed by atoms with Crippen LogP contribution in [0.1, 0.15) is 39.5 Å². The Hall–Kier alpha value is -1.71. The minimum atomic E-state index is 0.0595. The molecule has 1 amide bonds. The molecule has 1 N–H and O–H groups in total. The maximum atomic E-state index is 12.0. The molecule has 3 rings (SSSR count). The summed E-state index contributed by atoms with van der Waals surface area (Å²) >= 11 is 0. The van der Waals surface area contributed by atoms with E-state index in [0.717, 1.165) is 17.1 Å². The van der Waals surface area contributed by atoms with Crippen LogP contribution >= 0.6 is 0 Å². The summed E-state index contributed by atoms with van der Waals surface area (Å²) < 4.78 is 5.83. The van der Waals surface area contributed by atoms with E-state index in [9.17, 15) is 4.79 Å². The summed E-state index contributed by atoms with van der Waals surface area (Å²) in [6.45, 7) is 4.46. The summed E-state index contributed by atoms with van der Waals surface area (Å²) in [5, 5.41) is 2.98. The zero-order chi connectivity index (χ0) is 14.1. The van der Waals surface area contributed by atoms with Crippen molar-refractivity contribution in [3.8, 4) is 5.75 Å². The molecule has 0 atom stereocenters. The second kappa shape index (κ2) is 5.35. The Morgan fingerprint density at radius 3 is 2.75 bits per heavy atom. The smallest absolute Gasteiger partial charge is 0.244 e. The number of anilines is 2. The number of amides is 1. The number of nitrogens with one attached hydrogen (secondary N) is 1. The van der Waals surface area contributed by atoms with E-state index in [2.05, 4.69) is 16.3 Å². The van der Waals surface area contributed by atoms with E-state index in [0.29, 0.717) is 12.6 Å². The number of fused-ring (bicyclic) bond motifs is 1. The number of benzene rings is 1. The highest BCUT2D eigenvalue weighted by atomic mass is 16.5. The van der Waals surface area contributed by atoms with Gasteiger partial charge in [0.25, 0.3) is 0 Å². The van der Waals surface area contributed by atoms with Crippen molar-refractivity contribution in [3.05, 3.63) is 18.2 Å². The van der Waals surface area contributed by atoms with Gasteiger partial charge in [-0.3, -0.25) is 4.79 Å². The summed E-state index contributed by atoms with van der Waals surface area (Å²) in [6.07, 6.45) is 4.99. The number of hydrogen-bond acceptors (Lipinski definition) is 3. The lowest BCUT2D eigenvalue weighted by Gasteiger charge is -2.36. The third-order valence-electron chi connectivity index (χ3n) is 4.02. The van der Waals surface area contributed by atoms with Crippen molar-refractivity contribution in [2.24, 2.45) is 0 Å². The average molecular weight is 274 g/mol. The van der Waals surface area contributed by atoms with E-state index in [1.54, 1.807) is 0 Å². The van der Waals surface area contributed by atoms with Crippen LogP contribution < -0.4 is 15.0 Å². The number of ether oxygens (including phenoxy) is 1. The fourth-order valence-corrected chi connectivity index (χ4v) is 3.20. The fraction of sp³-hybridized carbons (Fsp3) is 0.562. The van der Waals surface area contributed by atoms with Crippen LogP contribution in [0, 0.1) is 0 Å². The fourth-order valence-electron chi connectivity index (χ4n) is 3.20. The summed E-state index contributed by atoms with van der Waals surface area (Å²) in [5.41, 5.74) is 1.94. The Morgan fingerprint density at radius 1 is 1.30 bits per heavy atom. The van der Waals surface area contributed by atoms with Crippen LogP contribution in [0.15, 0.2) is 18.2 Å². The van der Waals surface area contributed by atoms with E-state index < -0.39 is 0 Å². The normalized spacial score (nSPS) is 19.1. The second-order valence-electron chi connectivity index (χ2n) is 5.93. The van der Waals surface area contributed by atoms with Gasteiger partial charge in [0.05, 0.1) is 18.3 Å². The SMILES string of the molecule is CC(C)Oc1cccc2c1NC(=O)CN2C1CCCC1.